The van der Waals surface area contributed by atoms with Gasteiger partial charge in [-0.1, -0.05) is 0 Å². The molecule has 4 heteroatoms. The molecule has 0 aromatic carbocycles. The summed E-state index contributed by atoms with van der Waals surface area (Å²) in [5.41, 5.74) is 0. The van der Waals surface area contributed by atoms with Gasteiger partial charge in [0.15, 0.2) is 0 Å². The van der Waals surface area contributed by atoms with Crippen LogP contribution in [-0.2, 0) is 9.69 Å². The third-order valence-electron chi connectivity index (χ3n) is 0.963. The van der Waals surface area contributed by atoms with Crippen LogP contribution in [0.5, 0.6) is 0 Å². The van der Waals surface area contributed by atoms with E-state index in [2.05, 4.69) is 4.89 Å². The summed E-state index contributed by atoms with van der Waals surface area (Å²) in [5.74, 6) is 0. The van der Waals surface area contributed by atoms with Crippen LogP contribution in [0.25, 0.3) is 0 Å². The normalized spacial score (nSPS) is 10.1. The molecule has 0 heterocycles. The van der Waals surface area contributed by atoms with Crippen molar-refractivity contribution in [2.45, 2.75) is 6.82 Å². The maximum Gasteiger partial charge on any atom is 0.419 e. The van der Waals surface area contributed by atoms with E-state index >= 15 is 0 Å². The van der Waals surface area contributed by atoms with Gasteiger partial charge in [0.25, 0.3) is 0 Å². The molecule has 0 unspecified atom stereocenters. The fourth-order valence-electron chi connectivity index (χ4n) is 0.225. The summed E-state index contributed by atoms with van der Waals surface area (Å²) >= 11 is 0. The van der Waals surface area contributed by atoms with E-state index in [1.165, 1.54) is 7.11 Å². The highest BCUT2D eigenvalue weighted by atomic mass is 17.2. The molecule has 0 amide bonds. The molecule has 0 aromatic rings. The molecule has 0 N–H and O–H groups in total. The minimum atomic E-state index is 0.0278. The zero-order chi connectivity index (χ0) is 6.57. The molecule has 0 atom stereocenters. The van der Waals surface area contributed by atoms with Gasteiger partial charge in [0, 0.05) is 0 Å². The van der Waals surface area contributed by atoms with Crippen LogP contribution in [0.4, 0.5) is 0 Å². The molecular weight excluding hydrogens is 105 g/mol. The van der Waals surface area contributed by atoms with Crippen molar-refractivity contribution in [3.63, 3.8) is 0 Å². The Labute approximate surface area is 50.6 Å². The van der Waals surface area contributed by atoms with Gasteiger partial charge in [-0.15, -0.1) is 0 Å². The number of hydrogen-bond donors (Lipinski definition) is 0. The zero-order valence-electron chi connectivity index (χ0n) is 5.84. The lowest BCUT2D eigenvalue weighted by atomic mass is 9.87. The molecule has 0 aliphatic heterocycles. The summed E-state index contributed by atoms with van der Waals surface area (Å²) in [6.07, 6.45) is 0. The van der Waals surface area contributed by atoms with Crippen LogP contribution < -0.4 is 0 Å². The third kappa shape index (κ3) is 3.01. The van der Waals surface area contributed by atoms with Gasteiger partial charge in [-0.3, -0.25) is 9.69 Å². The van der Waals surface area contributed by atoms with E-state index in [0.717, 1.165) is 0 Å². The van der Waals surface area contributed by atoms with Crippen molar-refractivity contribution in [1.29, 1.82) is 0 Å². The lowest BCUT2D eigenvalue weighted by Gasteiger charge is -2.12. The van der Waals surface area contributed by atoms with Gasteiger partial charge < -0.3 is 4.81 Å². The number of hydrogen-bond acceptors (Lipinski definition) is 3. The van der Waals surface area contributed by atoms with Crippen LogP contribution in [0.3, 0.4) is 0 Å². The maximum atomic E-state index is 4.73. The maximum absolute atomic E-state index is 4.73. The van der Waals surface area contributed by atoms with Crippen LogP contribution in [0, 0.1) is 0 Å². The molecule has 0 saturated carbocycles. The van der Waals surface area contributed by atoms with Crippen molar-refractivity contribution in [3.05, 3.63) is 0 Å². The van der Waals surface area contributed by atoms with E-state index < -0.39 is 0 Å². The smallest absolute Gasteiger partial charge is 0.321 e. The monoisotopic (exact) mass is 117 g/mol. The van der Waals surface area contributed by atoms with E-state index in [-0.39, 0.29) is 7.05 Å². The van der Waals surface area contributed by atoms with Gasteiger partial charge in [-0.2, -0.15) is 0 Å². The summed E-state index contributed by atoms with van der Waals surface area (Å²) in [5, 5.41) is 0. The van der Waals surface area contributed by atoms with Crippen LogP contribution in [-0.4, -0.2) is 33.1 Å². The molecule has 0 bridgehead atoms. The Morgan fingerprint density at radius 3 is 2.00 bits per heavy atom. The van der Waals surface area contributed by atoms with Crippen molar-refractivity contribution in [2.75, 3.05) is 21.2 Å². The second-order valence-corrected chi connectivity index (χ2v) is 1.83. The van der Waals surface area contributed by atoms with Crippen molar-refractivity contribution < 1.29 is 9.69 Å². The Bertz CT molecular complexity index is 60.0. The average Bonchev–Trinajstić information content (AvgIpc) is 1.67. The second-order valence-electron chi connectivity index (χ2n) is 1.83. The van der Waals surface area contributed by atoms with Gasteiger partial charge >= 0.3 is 7.05 Å². The van der Waals surface area contributed by atoms with Crippen LogP contribution in [0.1, 0.15) is 0 Å². The SMILES string of the molecule is COOB(C)N(C)C. The van der Waals surface area contributed by atoms with Gasteiger partial charge in [-0.05, 0) is 20.9 Å². The molecule has 0 fully saturated rings. The second kappa shape index (κ2) is 3.89. The fraction of sp³-hybridized carbons (Fsp3) is 1.00. The first kappa shape index (κ1) is 7.94. The zero-order valence-corrected chi connectivity index (χ0v) is 5.84. The Morgan fingerprint density at radius 1 is 1.38 bits per heavy atom. The van der Waals surface area contributed by atoms with E-state index in [1.54, 1.807) is 0 Å². The summed E-state index contributed by atoms with van der Waals surface area (Å²) in [4.78, 5) is 11.1. The Hall–Kier alpha value is -0.0551. The lowest BCUT2D eigenvalue weighted by molar-refractivity contribution is -0.190. The predicted octanol–water partition coefficient (Wildman–Crippen LogP) is 0.244. The van der Waals surface area contributed by atoms with Crippen molar-refractivity contribution in [3.8, 4) is 0 Å². The molecule has 0 aliphatic rings. The highest BCUT2D eigenvalue weighted by molar-refractivity contribution is 6.46. The standard InChI is InChI=1S/C4H12BNO2/c1-5(6(2)3)8-7-4/h1-4H3. The molecule has 3 nitrogen and oxygen atoms in total. The summed E-state index contributed by atoms with van der Waals surface area (Å²) in [6, 6.07) is 0. The average molecular weight is 117 g/mol. The molecule has 0 spiro atoms. The third-order valence-corrected chi connectivity index (χ3v) is 0.963. The fourth-order valence-corrected chi connectivity index (χ4v) is 0.225. The first-order valence-electron chi connectivity index (χ1n) is 2.54. The molecular formula is C4H12BNO2. The first-order chi connectivity index (χ1) is 3.68. The van der Waals surface area contributed by atoms with Gasteiger partial charge in [0.2, 0.25) is 0 Å². The van der Waals surface area contributed by atoms with E-state index in [1.807, 2.05) is 25.7 Å². The van der Waals surface area contributed by atoms with Crippen LogP contribution in [0.15, 0.2) is 0 Å². The highest BCUT2D eigenvalue weighted by Gasteiger charge is 2.10. The van der Waals surface area contributed by atoms with Crippen LogP contribution in [0.2, 0.25) is 6.82 Å². The number of nitrogens with zero attached hydrogens (tertiary/aromatic N) is 1. The van der Waals surface area contributed by atoms with Gasteiger partial charge in [0.05, 0.1) is 7.11 Å². The Kier molecular flexibility index (Phi) is 3.86. The van der Waals surface area contributed by atoms with Crippen molar-refractivity contribution >= 4 is 7.05 Å². The molecule has 8 heavy (non-hydrogen) atoms. The lowest BCUT2D eigenvalue weighted by Crippen LogP contribution is -2.32. The first-order valence-corrected chi connectivity index (χ1v) is 2.54. The van der Waals surface area contributed by atoms with Gasteiger partial charge in [-0.25, -0.2) is 0 Å². The molecule has 0 saturated heterocycles. The number of rotatable bonds is 3. The van der Waals surface area contributed by atoms with E-state index in [9.17, 15) is 0 Å². The van der Waals surface area contributed by atoms with Crippen molar-refractivity contribution in [1.82, 2.24) is 4.81 Å². The minimum Gasteiger partial charge on any atom is -0.321 e. The molecule has 48 valence electrons. The minimum absolute atomic E-state index is 0.0278. The largest absolute Gasteiger partial charge is 0.419 e. The molecule has 0 radical (unpaired) electrons. The Morgan fingerprint density at radius 2 is 1.88 bits per heavy atom. The van der Waals surface area contributed by atoms with Crippen molar-refractivity contribution in [2.24, 2.45) is 0 Å². The quantitative estimate of drug-likeness (QED) is 0.300. The topological polar surface area (TPSA) is 21.7 Å². The predicted molar refractivity (Wildman–Crippen MR) is 33.4 cm³/mol. The van der Waals surface area contributed by atoms with Crippen LogP contribution >= 0.6 is 0 Å². The molecule has 0 aromatic heterocycles. The highest BCUT2D eigenvalue weighted by Crippen LogP contribution is 1.86. The molecule has 0 rings (SSSR count). The summed E-state index contributed by atoms with van der Waals surface area (Å²) in [6.45, 7) is 1.91. The Balaban J connectivity index is 3.17. The van der Waals surface area contributed by atoms with E-state index in [4.69, 9.17) is 4.81 Å². The van der Waals surface area contributed by atoms with Gasteiger partial charge in [0.1, 0.15) is 0 Å². The molecule has 0 aliphatic carbocycles. The summed E-state index contributed by atoms with van der Waals surface area (Å²) in [7, 11) is 5.37. The van der Waals surface area contributed by atoms with E-state index in [0.29, 0.717) is 0 Å². The summed E-state index contributed by atoms with van der Waals surface area (Å²) < 4.78 is 0.